The summed E-state index contributed by atoms with van der Waals surface area (Å²) in [5, 5.41) is 6.86. The van der Waals surface area contributed by atoms with E-state index in [1.807, 2.05) is 13.0 Å². The van der Waals surface area contributed by atoms with Crippen LogP contribution in [0, 0.1) is 12.8 Å². The summed E-state index contributed by atoms with van der Waals surface area (Å²) >= 11 is 6.05. The Labute approximate surface area is 137 Å². The molecule has 0 bridgehead atoms. The zero-order chi connectivity index (χ0) is 14.5. The monoisotopic (exact) mass is 332 g/mol. The van der Waals surface area contributed by atoms with E-state index >= 15 is 0 Å². The van der Waals surface area contributed by atoms with E-state index in [2.05, 4.69) is 10.6 Å². The van der Waals surface area contributed by atoms with Crippen LogP contribution >= 0.6 is 24.0 Å². The summed E-state index contributed by atoms with van der Waals surface area (Å²) in [7, 11) is 1.57. The van der Waals surface area contributed by atoms with Gasteiger partial charge in [0, 0.05) is 17.5 Å². The third-order valence-electron chi connectivity index (χ3n) is 3.70. The molecule has 0 aromatic heterocycles. The van der Waals surface area contributed by atoms with Gasteiger partial charge in [-0.3, -0.25) is 4.79 Å². The maximum atomic E-state index is 12.0. The number of methoxy groups -OCH3 is 1. The lowest BCUT2D eigenvalue weighted by Gasteiger charge is -2.13. The molecule has 1 aromatic carbocycles. The second-order valence-electron chi connectivity index (χ2n) is 5.25. The molecule has 1 amide bonds. The van der Waals surface area contributed by atoms with E-state index in [-0.39, 0.29) is 18.3 Å². The Morgan fingerprint density at radius 2 is 2.29 bits per heavy atom. The lowest BCUT2D eigenvalue weighted by atomic mass is 10.0. The van der Waals surface area contributed by atoms with E-state index in [1.165, 1.54) is 0 Å². The molecule has 1 aromatic rings. The number of ether oxygens (including phenoxy) is 1. The average molecular weight is 333 g/mol. The predicted molar refractivity (Wildman–Crippen MR) is 88.8 cm³/mol. The molecule has 0 spiro atoms. The number of benzene rings is 1. The van der Waals surface area contributed by atoms with Crippen LogP contribution in [0.25, 0.3) is 0 Å². The van der Waals surface area contributed by atoms with E-state index in [9.17, 15) is 4.79 Å². The van der Waals surface area contributed by atoms with Gasteiger partial charge in [0.2, 0.25) is 5.91 Å². The SMILES string of the molecule is COc1cc(Cl)c(C)cc1NC(=O)CCC1CCNC1.Cl. The molecular weight excluding hydrogens is 311 g/mol. The molecular formula is C15H22Cl2N2O2. The Morgan fingerprint density at radius 1 is 1.52 bits per heavy atom. The van der Waals surface area contributed by atoms with Crippen LogP contribution in [0.15, 0.2) is 12.1 Å². The van der Waals surface area contributed by atoms with Crippen molar-refractivity contribution < 1.29 is 9.53 Å². The van der Waals surface area contributed by atoms with Crippen LogP contribution in [0.5, 0.6) is 5.75 Å². The Hall–Kier alpha value is -0.970. The molecule has 1 unspecified atom stereocenters. The number of hydrogen-bond acceptors (Lipinski definition) is 3. The van der Waals surface area contributed by atoms with Crippen molar-refractivity contribution in [2.45, 2.75) is 26.2 Å². The van der Waals surface area contributed by atoms with Gasteiger partial charge in [0.1, 0.15) is 5.75 Å². The van der Waals surface area contributed by atoms with Gasteiger partial charge in [0.05, 0.1) is 12.8 Å². The number of carbonyl (C=O) groups is 1. The summed E-state index contributed by atoms with van der Waals surface area (Å²) in [4.78, 5) is 12.0. The van der Waals surface area contributed by atoms with Crippen molar-refractivity contribution in [2.75, 3.05) is 25.5 Å². The van der Waals surface area contributed by atoms with Crippen LogP contribution in [-0.4, -0.2) is 26.1 Å². The van der Waals surface area contributed by atoms with Crippen LogP contribution in [0.3, 0.4) is 0 Å². The number of nitrogens with one attached hydrogen (secondary N) is 2. The van der Waals surface area contributed by atoms with Crippen LogP contribution < -0.4 is 15.4 Å². The van der Waals surface area contributed by atoms with Gasteiger partial charge in [-0.05, 0) is 50.4 Å². The van der Waals surface area contributed by atoms with Crippen molar-refractivity contribution >= 4 is 35.6 Å². The van der Waals surface area contributed by atoms with Gasteiger partial charge in [-0.25, -0.2) is 0 Å². The van der Waals surface area contributed by atoms with Crippen molar-refractivity contribution in [3.8, 4) is 5.75 Å². The van der Waals surface area contributed by atoms with E-state index < -0.39 is 0 Å². The number of halogens is 2. The summed E-state index contributed by atoms with van der Waals surface area (Å²) in [5.74, 6) is 1.24. The van der Waals surface area contributed by atoms with Crippen molar-refractivity contribution in [3.63, 3.8) is 0 Å². The number of amides is 1. The number of aryl methyl sites for hydroxylation is 1. The fourth-order valence-corrected chi connectivity index (χ4v) is 2.59. The molecule has 2 rings (SSSR count). The van der Waals surface area contributed by atoms with Crippen LogP contribution in [-0.2, 0) is 4.79 Å². The highest BCUT2D eigenvalue weighted by Gasteiger charge is 2.16. The fraction of sp³-hybridized carbons (Fsp3) is 0.533. The maximum Gasteiger partial charge on any atom is 0.224 e. The molecule has 0 saturated carbocycles. The minimum absolute atomic E-state index is 0. The maximum absolute atomic E-state index is 12.0. The lowest BCUT2D eigenvalue weighted by Crippen LogP contribution is -2.15. The molecule has 1 aliphatic heterocycles. The van der Waals surface area contributed by atoms with Gasteiger partial charge in [-0.1, -0.05) is 11.6 Å². The molecule has 0 aliphatic carbocycles. The smallest absolute Gasteiger partial charge is 0.224 e. The highest BCUT2D eigenvalue weighted by atomic mass is 35.5. The Kier molecular flexibility index (Phi) is 7.29. The molecule has 2 N–H and O–H groups in total. The molecule has 1 atom stereocenters. The van der Waals surface area contributed by atoms with Gasteiger partial charge in [-0.15, -0.1) is 12.4 Å². The summed E-state index contributed by atoms with van der Waals surface area (Å²) < 4.78 is 5.25. The summed E-state index contributed by atoms with van der Waals surface area (Å²) in [6.45, 7) is 3.99. The highest BCUT2D eigenvalue weighted by molar-refractivity contribution is 6.31. The number of hydrogen-bond donors (Lipinski definition) is 2. The first-order valence-corrected chi connectivity index (χ1v) is 7.32. The largest absolute Gasteiger partial charge is 0.495 e. The second kappa shape index (κ2) is 8.47. The highest BCUT2D eigenvalue weighted by Crippen LogP contribution is 2.31. The normalized spacial score (nSPS) is 17.2. The Balaban J connectivity index is 0.00000220. The van der Waals surface area contributed by atoms with Crippen molar-refractivity contribution in [3.05, 3.63) is 22.7 Å². The lowest BCUT2D eigenvalue weighted by molar-refractivity contribution is -0.116. The molecule has 1 saturated heterocycles. The quantitative estimate of drug-likeness (QED) is 0.868. The topological polar surface area (TPSA) is 50.4 Å². The first kappa shape index (κ1) is 18.1. The number of anilines is 1. The predicted octanol–water partition coefficient (Wildman–Crippen LogP) is 3.41. The standard InChI is InChI=1S/C15H21ClN2O2.ClH/c1-10-7-13(14(20-2)8-12(10)16)18-15(19)4-3-11-5-6-17-9-11;/h7-8,11,17H,3-6,9H2,1-2H3,(H,18,19);1H. The Morgan fingerprint density at radius 3 is 2.90 bits per heavy atom. The summed E-state index contributed by atoms with van der Waals surface area (Å²) in [5.41, 5.74) is 1.60. The zero-order valence-corrected chi connectivity index (χ0v) is 13.9. The van der Waals surface area contributed by atoms with Gasteiger partial charge < -0.3 is 15.4 Å². The first-order chi connectivity index (χ1) is 9.60. The molecule has 1 fully saturated rings. The molecule has 21 heavy (non-hydrogen) atoms. The van der Waals surface area contributed by atoms with E-state index in [1.54, 1.807) is 13.2 Å². The fourth-order valence-electron chi connectivity index (χ4n) is 2.44. The van der Waals surface area contributed by atoms with Crippen LogP contribution in [0.2, 0.25) is 5.02 Å². The molecule has 1 aliphatic rings. The molecule has 0 radical (unpaired) electrons. The van der Waals surface area contributed by atoms with Gasteiger partial charge in [-0.2, -0.15) is 0 Å². The minimum Gasteiger partial charge on any atom is -0.495 e. The molecule has 4 nitrogen and oxygen atoms in total. The molecule has 118 valence electrons. The van der Waals surface area contributed by atoms with Crippen LogP contribution in [0.1, 0.15) is 24.8 Å². The minimum atomic E-state index is 0. The summed E-state index contributed by atoms with van der Waals surface area (Å²) in [6, 6.07) is 3.57. The van der Waals surface area contributed by atoms with Crippen molar-refractivity contribution in [1.82, 2.24) is 5.32 Å². The van der Waals surface area contributed by atoms with Crippen molar-refractivity contribution in [2.24, 2.45) is 5.92 Å². The Bertz CT molecular complexity index is 489. The van der Waals surface area contributed by atoms with Gasteiger partial charge >= 0.3 is 0 Å². The number of carbonyl (C=O) groups excluding carboxylic acids is 1. The third-order valence-corrected chi connectivity index (χ3v) is 4.10. The molecule has 1 heterocycles. The third kappa shape index (κ3) is 5.06. The van der Waals surface area contributed by atoms with E-state index in [0.29, 0.717) is 28.8 Å². The zero-order valence-electron chi connectivity index (χ0n) is 12.4. The first-order valence-electron chi connectivity index (χ1n) is 6.95. The molecule has 6 heteroatoms. The number of rotatable bonds is 5. The van der Waals surface area contributed by atoms with Gasteiger partial charge in [0.15, 0.2) is 0 Å². The van der Waals surface area contributed by atoms with Gasteiger partial charge in [0.25, 0.3) is 0 Å². The average Bonchev–Trinajstić information content (AvgIpc) is 2.93. The van der Waals surface area contributed by atoms with E-state index in [0.717, 1.165) is 31.5 Å². The van der Waals surface area contributed by atoms with Crippen molar-refractivity contribution in [1.29, 1.82) is 0 Å². The second-order valence-corrected chi connectivity index (χ2v) is 5.65. The van der Waals surface area contributed by atoms with Crippen LogP contribution in [0.4, 0.5) is 5.69 Å². The summed E-state index contributed by atoms with van der Waals surface area (Å²) in [6.07, 6.45) is 2.63. The van der Waals surface area contributed by atoms with E-state index in [4.69, 9.17) is 16.3 Å².